The Morgan fingerprint density at radius 2 is 1.79 bits per heavy atom. The number of nitrogens with zero attached hydrogens (tertiary/aromatic N) is 1. The lowest BCUT2D eigenvalue weighted by Crippen LogP contribution is -2.02. The second-order valence-corrected chi connectivity index (χ2v) is 4.74. The van der Waals surface area contributed by atoms with E-state index in [1.165, 1.54) is 0 Å². The number of benzene rings is 2. The summed E-state index contributed by atoms with van der Waals surface area (Å²) in [5, 5.41) is 9.18. The zero-order valence-corrected chi connectivity index (χ0v) is 10.5. The summed E-state index contributed by atoms with van der Waals surface area (Å²) in [7, 11) is 0. The van der Waals surface area contributed by atoms with Crippen LogP contribution in [0.1, 0.15) is 33.7 Å². The molecule has 2 heteroatoms. The first kappa shape index (κ1) is 11.7. The molecule has 19 heavy (non-hydrogen) atoms. The first-order valence-electron chi connectivity index (χ1n) is 6.18. The third-order valence-electron chi connectivity index (χ3n) is 3.62. The van der Waals surface area contributed by atoms with Crippen molar-refractivity contribution >= 4 is 6.08 Å². The van der Waals surface area contributed by atoms with E-state index in [1.807, 2.05) is 37.3 Å². The molecule has 92 valence electrons. The first-order valence-corrected chi connectivity index (χ1v) is 6.18. The lowest BCUT2D eigenvalue weighted by atomic mass is 9.88. The van der Waals surface area contributed by atoms with Gasteiger partial charge in [-0.3, -0.25) is 0 Å². The second-order valence-electron chi connectivity index (χ2n) is 4.74. The number of hydrogen-bond donors (Lipinski definition) is 0. The van der Waals surface area contributed by atoms with Crippen molar-refractivity contribution in [1.82, 2.24) is 0 Å². The van der Waals surface area contributed by atoms with Crippen molar-refractivity contribution in [3.05, 3.63) is 76.1 Å². The normalized spacial score (nSPS) is 16.7. The van der Waals surface area contributed by atoms with Gasteiger partial charge in [0.2, 0.25) is 0 Å². The molecule has 0 aliphatic heterocycles. The van der Waals surface area contributed by atoms with Crippen LogP contribution in [0, 0.1) is 18.3 Å². The third kappa shape index (κ3) is 1.75. The molecule has 1 nitrogen and oxygen atoms in total. The number of hydrogen-bond acceptors (Lipinski definition) is 1. The lowest BCUT2D eigenvalue weighted by Gasteiger charge is -2.14. The van der Waals surface area contributed by atoms with Crippen LogP contribution in [0.15, 0.2) is 48.3 Å². The van der Waals surface area contributed by atoms with Crippen LogP contribution in [0.25, 0.3) is 6.08 Å². The minimum atomic E-state index is -0.439. The largest absolute Gasteiger partial charge is 0.211 e. The van der Waals surface area contributed by atoms with Crippen molar-refractivity contribution < 1.29 is 4.39 Å². The monoisotopic (exact) mass is 249 g/mol. The van der Waals surface area contributed by atoms with Gasteiger partial charge in [0, 0.05) is 0 Å². The molecule has 0 bridgehead atoms. The molecule has 0 spiro atoms. The molecular formula is C17H12FN. The summed E-state index contributed by atoms with van der Waals surface area (Å²) >= 11 is 0. The van der Waals surface area contributed by atoms with Gasteiger partial charge in [0.1, 0.15) is 5.83 Å². The van der Waals surface area contributed by atoms with Gasteiger partial charge in [-0.05, 0) is 41.3 Å². The van der Waals surface area contributed by atoms with Crippen LogP contribution < -0.4 is 0 Å². The molecule has 0 saturated heterocycles. The highest BCUT2D eigenvalue weighted by Crippen LogP contribution is 2.43. The van der Waals surface area contributed by atoms with E-state index in [4.69, 9.17) is 0 Å². The lowest BCUT2D eigenvalue weighted by molar-refractivity contribution is 0.593. The van der Waals surface area contributed by atoms with Crippen LogP contribution in [-0.2, 0) is 0 Å². The average Bonchev–Trinajstić information content (AvgIpc) is 2.76. The summed E-state index contributed by atoms with van der Waals surface area (Å²) in [6.07, 6.45) is 1.59. The third-order valence-corrected chi connectivity index (χ3v) is 3.62. The Morgan fingerprint density at radius 1 is 1.05 bits per heavy atom. The molecule has 1 aliphatic carbocycles. The van der Waals surface area contributed by atoms with E-state index in [9.17, 15) is 9.65 Å². The van der Waals surface area contributed by atoms with Crippen molar-refractivity contribution in [2.24, 2.45) is 0 Å². The summed E-state index contributed by atoms with van der Waals surface area (Å²) in [6, 6.07) is 15.2. The molecule has 2 aromatic rings. The van der Waals surface area contributed by atoms with Gasteiger partial charge in [-0.2, -0.15) is 5.26 Å². The molecule has 1 atom stereocenters. The quantitative estimate of drug-likeness (QED) is 0.738. The van der Waals surface area contributed by atoms with Crippen LogP contribution in [0.4, 0.5) is 4.39 Å². The van der Waals surface area contributed by atoms with E-state index in [0.717, 1.165) is 22.3 Å². The molecule has 0 heterocycles. The Balaban J connectivity index is 2.22. The molecule has 0 amide bonds. The molecule has 0 fully saturated rings. The van der Waals surface area contributed by atoms with Crippen LogP contribution in [0.2, 0.25) is 0 Å². The molecule has 0 N–H and O–H groups in total. The Morgan fingerprint density at radius 3 is 2.58 bits per heavy atom. The molecular weight excluding hydrogens is 237 g/mol. The summed E-state index contributed by atoms with van der Waals surface area (Å²) in [5.74, 6) is -0.627. The molecule has 0 radical (unpaired) electrons. The van der Waals surface area contributed by atoms with Crippen molar-refractivity contribution in [3.8, 4) is 6.07 Å². The topological polar surface area (TPSA) is 23.8 Å². The van der Waals surface area contributed by atoms with Crippen molar-refractivity contribution in [2.75, 3.05) is 0 Å². The van der Waals surface area contributed by atoms with Gasteiger partial charge < -0.3 is 0 Å². The smallest absolute Gasteiger partial charge is 0.112 e. The maximum Gasteiger partial charge on any atom is 0.112 e. The van der Waals surface area contributed by atoms with Gasteiger partial charge in [-0.15, -0.1) is 0 Å². The summed E-state index contributed by atoms with van der Waals surface area (Å²) < 4.78 is 14.3. The number of halogens is 1. The van der Waals surface area contributed by atoms with Crippen LogP contribution in [-0.4, -0.2) is 0 Å². The van der Waals surface area contributed by atoms with E-state index >= 15 is 0 Å². The fraction of sp³-hybridized carbons (Fsp3) is 0.118. The van der Waals surface area contributed by atoms with Crippen molar-refractivity contribution in [3.63, 3.8) is 0 Å². The number of rotatable bonds is 1. The van der Waals surface area contributed by atoms with Crippen LogP contribution in [0.3, 0.4) is 0 Å². The Bertz CT molecular complexity index is 722. The van der Waals surface area contributed by atoms with Gasteiger partial charge >= 0.3 is 0 Å². The summed E-state index contributed by atoms with van der Waals surface area (Å²) in [5.41, 5.74) is 4.22. The van der Waals surface area contributed by atoms with E-state index in [2.05, 4.69) is 6.07 Å². The minimum Gasteiger partial charge on any atom is -0.211 e. The molecule has 3 rings (SSSR count). The maximum absolute atomic E-state index is 14.3. The molecule has 0 saturated carbocycles. The Hall–Kier alpha value is -2.40. The van der Waals surface area contributed by atoms with E-state index in [-0.39, 0.29) is 5.83 Å². The van der Waals surface area contributed by atoms with Gasteiger partial charge in [0.15, 0.2) is 0 Å². The predicted octanol–water partition coefficient (Wildman–Crippen LogP) is 4.32. The average molecular weight is 249 g/mol. The number of aryl methyl sites for hydroxylation is 1. The number of fused-ring (bicyclic) bond motifs is 1. The van der Waals surface area contributed by atoms with Crippen LogP contribution >= 0.6 is 0 Å². The second kappa shape index (κ2) is 4.37. The number of nitriles is 1. The van der Waals surface area contributed by atoms with Crippen molar-refractivity contribution in [1.29, 1.82) is 5.26 Å². The van der Waals surface area contributed by atoms with E-state index in [1.54, 1.807) is 18.2 Å². The maximum atomic E-state index is 14.3. The highest BCUT2D eigenvalue weighted by Gasteiger charge is 2.29. The van der Waals surface area contributed by atoms with E-state index < -0.39 is 5.92 Å². The van der Waals surface area contributed by atoms with Crippen molar-refractivity contribution in [2.45, 2.75) is 12.8 Å². The highest BCUT2D eigenvalue weighted by atomic mass is 19.1. The summed E-state index contributed by atoms with van der Waals surface area (Å²) in [4.78, 5) is 0. The van der Waals surface area contributed by atoms with E-state index in [0.29, 0.717) is 5.56 Å². The standard InChI is InChI=1S/C17H12FN/c1-11-5-4-8-14-15(11)9-16(18)17(14)13-7-3-2-6-12(13)10-19/h2-9,17H,1H3. The predicted molar refractivity (Wildman–Crippen MR) is 73.3 cm³/mol. The Labute approximate surface area is 111 Å². The SMILES string of the molecule is Cc1cccc2c1C=C(F)C2c1ccccc1C#N. The molecule has 1 unspecified atom stereocenters. The molecule has 0 aromatic heterocycles. The van der Waals surface area contributed by atoms with Gasteiger partial charge in [-0.1, -0.05) is 36.4 Å². The fourth-order valence-electron chi connectivity index (χ4n) is 2.69. The minimum absolute atomic E-state index is 0.188. The summed E-state index contributed by atoms with van der Waals surface area (Å²) in [6.45, 7) is 1.97. The van der Waals surface area contributed by atoms with Crippen LogP contribution in [0.5, 0.6) is 0 Å². The van der Waals surface area contributed by atoms with Gasteiger partial charge in [0.05, 0.1) is 17.6 Å². The highest BCUT2D eigenvalue weighted by molar-refractivity contribution is 5.70. The zero-order chi connectivity index (χ0) is 13.4. The number of allylic oxidation sites excluding steroid dienone is 1. The fourth-order valence-corrected chi connectivity index (χ4v) is 2.69. The van der Waals surface area contributed by atoms with Gasteiger partial charge in [0.25, 0.3) is 0 Å². The molecule has 2 aromatic carbocycles. The van der Waals surface area contributed by atoms with Gasteiger partial charge in [-0.25, -0.2) is 4.39 Å². The first-order chi connectivity index (χ1) is 9.22. The zero-order valence-electron chi connectivity index (χ0n) is 10.5. The Kier molecular flexibility index (Phi) is 2.68. The molecule has 1 aliphatic rings.